The van der Waals surface area contributed by atoms with Gasteiger partial charge < -0.3 is 4.57 Å². The number of fused-ring (bicyclic) bond motifs is 1. The summed E-state index contributed by atoms with van der Waals surface area (Å²) in [6.45, 7) is 0. The number of carbonyl (C=O) groups is 1. The largest absolute Gasteiger partial charge is 0.350 e. The fourth-order valence-electron chi connectivity index (χ4n) is 1.98. The quantitative estimate of drug-likeness (QED) is 0.647. The molecule has 0 N–H and O–H groups in total. The molecule has 2 aromatic heterocycles. The highest BCUT2D eigenvalue weighted by atomic mass is 32.1. The Morgan fingerprint density at radius 1 is 1.35 bits per heavy atom. The Balaban J connectivity index is 2.26. The number of hydrogen-bond donors (Lipinski definition) is 0. The van der Waals surface area contributed by atoms with Gasteiger partial charge in [0.2, 0.25) is 0 Å². The molecule has 1 aromatic carbocycles. The smallest absolute Gasteiger partial charge is 0.161 e. The standard InChI is InChI=1S/C13H10N2OS/c1-15-7-11(10-4-2-3-5-12(10)15)13-14-6-9(8-16)17-13/h2-8H,1H3. The molecule has 0 saturated carbocycles. The Labute approximate surface area is 102 Å². The molecule has 0 aliphatic carbocycles. The molecule has 17 heavy (non-hydrogen) atoms. The highest BCUT2D eigenvalue weighted by Crippen LogP contribution is 2.32. The summed E-state index contributed by atoms with van der Waals surface area (Å²) in [5, 5.41) is 2.06. The van der Waals surface area contributed by atoms with Crippen LogP contribution in [0.5, 0.6) is 0 Å². The van der Waals surface area contributed by atoms with E-state index < -0.39 is 0 Å². The minimum atomic E-state index is 0.660. The number of para-hydroxylation sites is 1. The van der Waals surface area contributed by atoms with Gasteiger partial charge in [-0.25, -0.2) is 4.98 Å². The van der Waals surface area contributed by atoms with E-state index in [1.165, 1.54) is 22.2 Å². The minimum Gasteiger partial charge on any atom is -0.350 e. The predicted molar refractivity (Wildman–Crippen MR) is 69.4 cm³/mol. The maximum Gasteiger partial charge on any atom is 0.161 e. The third kappa shape index (κ3) is 1.57. The van der Waals surface area contributed by atoms with Crippen LogP contribution in [-0.4, -0.2) is 15.8 Å². The fourth-order valence-corrected chi connectivity index (χ4v) is 2.73. The zero-order valence-electron chi connectivity index (χ0n) is 9.25. The Bertz CT molecular complexity index is 696. The Morgan fingerprint density at radius 3 is 2.94 bits per heavy atom. The fraction of sp³-hybridized carbons (Fsp3) is 0.0769. The van der Waals surface area contributed by atoms with E-state index in [2.05, 4.69) is 27.9 Å². The summed E-state index contributed by atoms with van der Waals surface area (Å²) in [5.74, 6) is 0. The zero-order valence-corrected chi connectivity index (χ0v) is 10.1. The van der Waals surface area contributed by atoms with Crippen LogP contribution in [0.3, 0.4) is 0 Å². The minimum absolute atomic E-state index is 0.660. The normalized spacial score (nSPS) is 10.9. The Kier molecular flexibility index (Phi) is 2.30. The number of aldehydes is 1. The molecule has 0 fully saturated rings. The van der Waals surface area contributed by atoms with Gasteiger partial charge in [0.05, 0.1) is 4.88 Å². The molecule has 3 rings (SSSR count). The van der Waals surface area contributed by atoms with E-state index in [1.54, 1.807) is 6.20 Å². The highest BCUT2D eigenvalue weighted by Gasteiger charge is 2.11. The summed E-state index contributed by atoms with van der Waals surface area (Å²) < 4.78 is 2.08. The van der Waals surface area contributed by atoms with Crippen LogP contribution in [0.2, 0.25) is 0 Å². The maximum absolute atomic E-state index is 10.7. The molecule has 0 amide bonds. The predicted octanol–water partition coefficient (Wildman–Crippen LogP) is 3.11. The summed E-state index contributed by atoms with van der Waals surface area (Å²) in [7, 11) is 2.01. The molecule has 0 aliphatic rings. The van der Waals surface area contributed by atoms with Crippen LogP contribution < -0.4 is 0 Å². The molecule has 3 aromatic rings. The van der Waals surface area contributed by atoms with Gasteiger partial charge in [-0.3, -0.25) is 4.79 Å². The van der Waals surface area contributed by atoms with Crippen LogP contribution in [0.25, 0.3) is 21.5 Å². The maximum atomic E-state index is 10.7. The van der Waals surface area contributed by atoms with E-state index in [0.29, 0.717) is 4.88 Å². The molecule has 0 spiro atoms. The monoisotopic (exact) mass is 242 g/mol. The summed E-state index contributed by atoms with van der Waals surface area (Å²) in [6, 6.07) is 8.19. The second kappa shape index (κ2) is 3.82. The van der Waals surface area contributed by atoms with Crippen LogP contribution >= 0.6 is 11.3 Å². The number of thiazole rings is 1. The molecule has 2 heterocycles. The third-order valence-corrected chi connectivity index (χ3v) is 3.72. The number of benzene rings is 1. The molecular formula is C13H10N2OS. The molecule has 0 bridgehead atoms. The van der Waals surface area contributed by atoms with Crippen LogP contribution in [0, 0.1) is 0 Å². The van der Waals surface area contributed by atoms with E-state index in [9.17, 15) is 4.79 Å². The van der Waals surface area contributed by atoms with Gasteiger partial charge in [-0.05, 0) is 6.07 Å². The van der Waals surface area contributed by atoms with Crippen molar-refractivity contribution >= 4 is 28.5 Å². The van der Waals surface area contributed by atoms with Crippen molar-refractivity contribution in [3.8, 4) is 10.6 Å². The van der Waals surface area contributed by atoms with Gasteiger partial charge >= 0.3 is 0 Å². The first kappa shape index (κ1) is 10.2. The van der Waals surface area contributed by atoms with Gasteiger partial charge in [0.15, 0.2) is 6.29 Å². The van der Waals surface area contributed by atoms with Gasteiger partial charge in [-0.1, -0.05) is 18.2 Å². The molecular weight excluding hydrogens is 232 g/mol. The number of aromatic nitrogens is 2. The summed E-state index contributed by atoms with van der Waals surface area (Å²) in [4.78, 5) is 15.6. The van der Waals surface area contributed by atoms with Gasteiger partial charge in [0, 0.05) is 35.9 Å². The van der Waals surface area contributed by atoms with Crippen molar-refractivity contribution in [2.45, 2.75) is 0 Å². The number of rotatable bonds is 2. The van der Waals surface area contributed by atoms with Crippen molar-refractivity contribution in [2.75, 3.05) is 0 Å². The number of aryl methyl sites for hydroxylation is 1. The Hall–Kier alpha value is -1.94. The molecule has 0 atom stereocenters. The molecule has 84 valence electrons. The summed E-state index contributed by atoms with van der Waals surface area (Å²) in [5.41, 5.74) is 2.26. The molecule has 4 heteroatoms. The van der Waals surface area contributed by atoms with Crippen LogP contribution in [-0.2, 0) is 7.05 Å². The van der Waals surface area contributed by atoms with E-state index >= 15 is 0 Å². The van der Waals surface area contributed by atoms with Crippen LogP contribution in [0.4, 0.5) is 0 Å². The SMILES string of the molecule is Cn1cc(-c2ncc(C=O)s2)c2ccccc21. The summed E-state index contributed by atoms with van der Waals surface area (Å²) in [6.07, 6.45) is 4.51. The topological polar surface area (TPSA) is 34.9 Å². The lowest BCUT2D eigenvalue weighted by atomic mass is 10.2. The van der Waals surface area contributed by atoms with Crippen molar-refractivity contribution < 1.29 is 4.79 Å². The van der Waals surface area contributed by atoms with Crippen molar-refractivity contribution in [1.29, 1.82) is 0 Å². The van der Waals surface area contributed by atoms with Gasteiger partial charge in [0.25, 0.3) is 0 Å². The molecule has 0 aliphatic heterocycles. The molecule has 3 nitrogen and oxygen atoms in total. The third-order valence-electron chi connectivity index (χ3n) is 2.77. The lowest BCUT2D eigenvalue weighted by molar-refractivity contribution is 0.112. The number of hydrogen-bond acceptors (Lipinski definition) is 3. The van der Waals surface area contributed by atoms with Crippen molar-refractivity contribution in [1.82, 2.24) is 9.55 Å². The second-order valence-corrected chi connectivity index (χ2v) is 4.92. The second-order valence-electron chi connectivity index (χ2n) is 3.86. The Morgan fingerprint density at radius 2 is 2.18 bits per heavy atom. The lowest BCUT2D eigenvalue weighted by Crippen LogP contribution is -1.81. The van der Waals surface area contributed by atoms with Crippen LogP contribution in [0.15, 0.2) is 36.7 Å². The first-order valence-corrected chi connectivity index (χ1v) is 6.06. The average Bonchev–Trinajstić information content (AvgIpc) is 2.95. The van der Waals surface area contributed by atoms with Crippen molar-refractivity contribution in [3.05, 3.63) is 41.5 Å². The first-order valence-electron chi connectivity index (χ1n) is 5.25. The number of carbonyl (C=O) groups excluding carboxylic acids is 1. The lowest BCUT2D eigenvalue weighted by Gasteiger charge is -1.93. The summed E-state index contributed by atoms with van der Waals surface area (Å²) >= 11 is 1.42. The van der Waals surface area contributed by atoms with E-state index in [0.717, 1.165) is 16.9 Å². The average molecular weight is 242 g/mol. The molecule has 0 saturated heterocycles. The molecule has 0 radical (unpaired) electrons. The van der Waals surface area contributed by atoms with Crippen LogP contribution in [0.1, 0.15) is 9.67 Å². The van der Waals surface area contributed by atoms with E-state index in [1.807, 2.05) is 19.2 Å². The van der Waals surface area contributed by atoms with E-state index in [-0.39, 0.29) is 0 Å². The van der Waals surface area contributed by atoms with Gasteiger partial charge in [-0.2, -0.15) is 0 Å². The van der Waals surface area contributed by atoms with Crippen molar-refractivity contribution in [3.63, 3.8) is 0 Å². The van der Waals surface area contributed by atoms with E-state index in [4.69, 9.17) is 0 Å². The number of nitrogens with zero attached hydrogens (tertiary/aromatic N) is 2. The molecule has 0 unspecified atom stereocenters. The first-order chi connectivity index (χ1) is 8.29. The van der Waals surface area contributed by atoms with Crippen molar-refractivity contribution in [2.24, 2.45) is 7.05 Å². The van der Waals surface area contributed by atoms with Gasteiger partial charge in [0.1, 0.15) is 5.01 Å². The zero-order chi connectivity index (χ0) is 11.8. The van der Waals surface area contributed by atoms with Gasteiger partial charge in [-0.15, -0.1) is 11.3 Å². The highest BCUT2D eigenvalue weighted by molar-refractivity contribution is 7.16.